The van der Waals surface area contributed by atoms with Gasteiger partial charge >= 0.3 is 11.9 Å². The third-order valence-corrected chi connectivity index (χ3v) is 4.11. The summed E-state index contributed by atoms with van der Waals surface area (Å²) >= 11 is 0. The first-order valence-corrected chi connectivity index (χ1v) is 9.50. The van der Waals surface area contributed by atoms with Crippen LogP contribution < -0.4 is 0 Å². The lowest BCUT2D eigenvalue weighted by atomic mass is 10.0. The van der Waals surface area contributed by atoms with Crippen molar-refractivity contribution >= 4 is 17.7 Å². The van der Waals surface area contributed by atoms with Gasteiger partial charge in [-0.05, 0) is 46.0 Å². The number of esters is 2. The van der Waals surface area contributed by atoms with Crippen LogP contribution in [0.5, 0.6) is 0 Å². The van der Waals surface area contributed by atoms with E-state index in [0.717, 1.165) is 0 Å². The number of hydrogen-bond donors (Lipinski definition) is 1. The molecule has 27 heavy (non-hydrogen) atoms. The van der Waals surface area contributed by atoms with Crippen LogP contribution in [-0.4, -0.2) is 54.4 Å². The van der Waals surface area contributed by atoms with Gasteiger partial charge < -0.3 is 19.3 Å². The van der Waals surface area contributed by atoms with Crippen LogP contribution in [0.25, 0.3) is 0 Å². The molecule has 1 aliphatic heterocycles. The Balaban J connectivity index is 2.26. The number of aliphatic hydroxyl groups is 1. The van der Waals surface area contributed by atoms with E-state index in [1.807, 2.05) is 0 Å². The van der Waals surface area contributed by atoms with Crippen LogP contribution in [0, 0.1) is 0 Å². The molecular weight excluding hydrogens is 352 g/mol. The first-order chi connectivity index (χ1) is 13.0. The fraction of sp³-hybridized carbons (Fsp3) is 0.650. The molecule has 0 saturated carbocycles. The largest absolute Gasteiger partial charge is 0.463 e. The van der Waals surface area contributed by atoms with E-state index in [1.165, 1.54) is 12.2 Å². The summed E-state index contributed by atoms with van der Waals surface area (Å²) in [6.07, 6.45) is 7.31. The van der Waals surface area contributed by atoms with E-state index in [2.05, 4.69) is 0 Å². The zero-order valence-corrected chi connectivity index (χ0v) is 16.1. The van der Waals surface area contributed by atoms with E-state index in [-0.39, 0.29) is 18.3 Å². The Morgan fingerprint density at radius 1 is 1.04 bits per heavy atom. The van der Waals surface area contributed by atoms with Crippen LogP contribution in [-0.2, 0) is 28.6 Å². The number of carbonyl (C=O) groups is 3. The van der Waals surface area contributed by atoms with Crippen molar-refractivity contribution in [1.29, 1.82) is 0 Å². The molecule has 0 radical (unpaired) electrons. The molecule has 152 valence electrons. The van der Waals surface area contributed by atoms with Gasteiger partial charge in [-0.25, -0.2) is 9.59 Å². The summed E-state index contributed by atoms with van der Waals surface area (Å²) < 4.78 is 15.2. The first kappa shape index (κ1) is 23.0. The summed E-state index contributed by atoms with van der Waals surface area (Å²) in [5.74, 6) is -0.838. The molecule has 0 spiro atoms. The van der Waals surface area contributed by atoms with Crippen LogP contribution >= 0.6 is 0 Å². The fourth-order valence-electron chi connectivity index (χ4n) is 2.76. The highest BCUT2D eigenvalue weighted by Gasteiger charge is 2.33. The maximum absolute atomic E-state index is 12.2. The van der Waals surface area contributed by atoms with Gasteiger partial charge in [-0.2, -0.15) is 0 Å². The van der Waals surface area contributed by atoms with E-state index >= 15 is 0 Å². The molecule has 0 amide bonds. The number of hydrogen-bond acceptors (Lipinski definition) is 7. The number of aliphatic hydroxyl groups excluding tert-OH is 1. The zero-order valence-electron chi connectivity index (χ0n) is 16.1. The smallest absolute Gasteiger partial charge is 0.330 e. The van der Waals surface area contributed by atoms with Crippen LogP contribution in [0.15, 0.2) is 24.3 Å². The number of allylic oxidation sites excluding steroid dienone is 2. The van der Waals surface area contributed by atoms with Crippen molar-refractivity contribution in [1.82, 2.24) is 0 Å². The third kappa shape index (κ3) is 9.49. The highest BCUT2D eigenvalue weighted by atomic mass is 16.5. The molecule has 1 rings (SSSR count). The minimum atomic E-state index is -0.682. The van der Waals surface area contributed by atoms with Gasteiger partial charge in [0.05, 0.1) is 25.4 Å². The Morgan fingerprint density at radius 2 is 1.63 bits per heavy atom. The van der Waals surface area contributed by atoms with Gasteiger partial charge in [-0.1, -0.05) is 12.2 Å². The molecule has 0 aromatic rings. The van der Waals surface area contributed by atoms with Crippen molar-refractivity contribution in [3.63, 3.8) is 0 Å². The Kier molecular flexibility index (Phi) is 11.3. The van der Waals surface area contributed by atoms with Crippen LogP contribution in [0.1, 0.15) is 52.4 Å². The van der Waals surface area contributed by atoms with Gasteiger partial charge in [0.25, 0.3) is 0 Å². The summed E-state index contributed by atoms with van der Waals surface area (Å²) in [7, 11) is 0. The molecule has 1 aliphatic rings. The van der Waals surface area contributed by atoms with Gasteiger partial charge in [0.15, 0.2) is 5.78 Å². The van der Waals surface area contributed by atoms with Gasteiger partial charge in [0.2, 0.25) is 0 Å². The van der Waals surface area contributed by atoms with Crippen molar-refractivity contribution < 1.29 is 33.7 Å². The van der Waals surface area contributed by atoms with E-state index in [4.69, 9.17) is 14.2 Å². The maximum Gasteiger partial charge on any atom is 0.330 e. The molecule has 0 aromatic carbocycles. The molecule has 7 nitrogen and oxygen atoms in total. The van der Waals surface area contributed by atoms with Gasteiger partial charge in [0.1, 0.15) is 6.10 Å². The van der Waals surface area contributed by atoms with Gasteiger partial charge in [0, 0.05) is 18.6 Å². The topological polar surface area (TPSA) is 99.1 Å². The molecular formula is C20H30O7. The Morgan fingerprint density at radius 3 is 2.22 bits per heavy atom. The highest BCUT2D eigenvalue weighted by Crippen LogP contribution is 2.25. The molecule has 0 aliphatic carbocycles. The molecule has 1 N–H and O–H groups in total. The van der Waals surface area contributed by atoms with Crippen molar-refractivity contribution in [3.05, 3.63) is 24.3 Å². The molecule has 3 atom stereocenters. The second kappa shape index (κ2) is 13.2. The van der Waals surface area contributed by atoms with Crippen molar-refractivity contribution in [2.45, 2.75) is 70.7 Å². The predicted octanol–water partition coefficient (Wildman–Crippen LogP) is 2.26. The van der Waals surface area contributed by atoms with Crippen molar-refractivity contribution in [2.75, 3.05) is 13.2 Å². The zero-order chi connectivity index (χ0) is 20.1. The van der Waals surface area contributed by atoms with Crippen LogP contribution in [0.4, 0.5) is 0 Å². The van der Waals surface area contributed by atoms with Crippen molar-refractivity contribution in [3.8, 4) is 0 Å². The molecule has 1 fully saturated rings. The lowest BCUT2D eigenvalue weighted by molar-refractivity contribution is -0.138. The van der Waals surface area contributed by atoms with E-state index in [9.17, 15) is 19.5 Å². The van der Waals surface area contributed by atoms with E-state index in [1.54, 1.807) is 26.0 Å². The quantitative estimate of drug-likeness (QED) is 0.408. The highest BCUT2D eigenvalue weighted by molar-refractivity contribution is 5.84. The standard InChI is InChI=1S/C20H30O7/c1-3-25-19(23)11-7-5-9-15(21)17-13-14-18(27-17)16(22)10-6-8-12-20(24)26-4-2/h7-8,11-12,15,17-18,21H,3-6,9-10,13-14H2,1-2H3/b11-7+,12-8+/t15-,17-,18+/m0/s1. The minimum Gasteiger partial charge on any atom is -0.463 e. The van der Waals surface area contributed by atoms with E-state index < -0.39 is 24.1 Å². The Labute approximate surface area is 160 Å². The summed E-state index contributed by atoms with van der Waals surface area (Å²) in [5.41, 5.74) is 0. The average molecular weight is 382 g/mol. The summed E-state index contributed by atoms with van der Waals surface area (Å²) in [4.78, 5) is 34.5. The van der Waals surface area contributed by atoms with E-state index in [0.29, 0.717) is 45.3 Å². The summed E-state index contributed by atoms with van der Waals surface area (Å²) in [6, 6.07) is 0. The number of ether oxygens (including phenoxy) is 3. The number of rotatable bonds is 12. The first-order valence-electron chi connectivity index (χ1n) is 9.50. The number of Topliss-reactive ketones (excluding diaryl/α,β-unsaturated/α-hetero) is 1. The molecule has 1 heterocycles. The second-order valence-corrected chi connectivity index (χ2v) is 6.20. The van der Waals surface area contributed by atoms with Crippen molar-refractivity contribution in [2.24, 2.45) is 0 Å². The predicted molar refractivity (Wildman–Crippen MR) is 98.9 cm³/mol. The minimum absolute atomic E-state index is 0.0274. The summed E-state index contributed by atoms with van der Waals surface area (Å²) in [6.45, 7) is 4.12. The average Bonchev–Trinajstić information content (AvgIpc) is 3.13. The Hall–Kier alpha value is -1.99. The number of ketones is 1. The molecule has 0 unspecified atom stereocenters. The Bertz CT molecular complexity index is 538. The van der Waals surface area contributed by atoms with Crippen LogP contribution in [0.2, 0.25) is 0 Å². The van der Waals surface area contributed by atoms with Gasteiger partial charge in [-0.15, -0.1) is 0 Å². The lowest BCUT2D eigenvalue weighted by Gasteiger charge is -2.18. The third-order valence-electron chi connectivity index (χ3n) is 4.11. The molecule has 1 saturated heterocycles. The molecule has 7 heteroatoms. The lowest BCUT2D eigenvalue weighted by Crippen LogP contribution is -2.28. The SMILES string of the molecule is CCOC(=O)/C=C/CCC(=O)[C@H]1CC[C@@H]([C@@H](O)CC/C=C/C(=O)OCC)O1. The number of carbonyl (C=O) groups excluding carboxylic acids is 3. The monoisotopic (exact) mass is 382 g/mol. The molecule has 0 aromatic heterocycles. The fourth-order valence-corrected chi connectivity index (χ4v) is 2.76. The second-order valence-electron chi connectivity index (χ2n) is 6.20. The normalized spacial score (nSPS) is 20.9. The summed E-state index contributed by atoms with van der Waals surface area (Å²) in [5, 5.41) is 10.2. The van der Waals surface area contributed by atoms with Crippen LogP contribution in [0.3, 0.4) is 0 Å². The molecule has 0 bridgehead atoms. The van der Waals surface area contributed by atoms with Gasteiger partial charge in [-0.3, -0.25) is 4.79 Å². The maximum atomic E-state index is 12.2.